The average molecular weight is 463 g/mol. The molecule has 0 aliphatic carbocycles. The van der Waals surface area contributed by atoms with Crippen molar-refractivity contribution in [3.05, 3.63) is 76.7 Å². The molecular formula is C22H16Cl2N8. The van der Waals surface area contributed by atoms with Gasteiger partial charge in [-0.3, -0.25) is 4.57 Å². The Hall–Kier alpha value is -3.46. The molecule has 0 bridgehead atoms. The third kappa shape index (κ3) is 3.03. The van der Waals surface area contributed by atoms with Crippen LogP contribution >= 0.6 is 23.2 Å². The van der Waals surface area contributed by atoms with Gasteiger partial charge in [-0.25, -0.2) is 14.5 Å². The van der Waals surface area contributed by atoms with E-state index >= 15 is 0 Å². The van der Waals surface area contributed by atoms with Crippen molar-refractivity contribution >= 4 is 34.5 Å². The van der Waals surface area contributed by atoms with Crippen molar-refractivity contribution in [3.63, 3.8) is 0 Å². The lowest BCUT2D eigenvalue weighted by Gasteiger charge is -2.11. The number of hydrogen-bond acceptors (Lipinski definition) is 6. The van der Waals surface area contributed by atoms with Crippen LogP contribution in [0.5, 0.6) is 0 Å². The third-order valence-electron chi connectivity index (χ3n) is 5.43. The Labute approximate surface area is 193 Å². The summed E-state index contributed by atoms with van der Waals surface area (Å²) in [5.74, 6) is 0.591. The highest BCUT2D eigenvalue weighted by Crippen LogP contribution is 2.37. The second-order valence-electron chi connectivity index (χ2n) is 7.56. The quantitative estimate of drug-likeness (QED) is 0.417. The van der Waals surface area contributed by atoms with Crippen molar-refractivity contribution in [2.24, 2.45) is 0 Å². The van der Waals surface area contributed by atoms with Gasteiger partial charge in [-0.2, -0.15) is 5.10 Å². The number of anilines is 1. The van der Waals surface area contributed by atoms with E-state index in [2.05, 4.69) is 38.9 Å². The van der Waals surface area contributed by atoms with E-state index < -0.39 is 0 Å². The van der Waals surface area contributed by atoms with Gasteiger partial charge in [0.15, 0.2) is 11.5 Å². The lowest BCUT2D eigenvalue weighted by molar-refractivity contribution is 0.422. The highest BCUT2D eigenvalue weighted by Gasteiger charge is 2.24. The standard InChI is InChI=1S/C22H16Cl2N8/c1-30-11-13-4-6-15(10-18(13)29-30)31-12-25-28-22(31)21-20(16-9-14(23)5-7-17(16)24)27-19-3-2-8-26-32(19)21/h2-10,12,29H,11H2,1H3. The number of nitrogens with zero attached hydrogens (tertiary/aromatic N) is 7. The number of benzene rings is 2. The maximum atomic E-state index is 6.54. The average Bonchev–Trinajstić information content (AvgIpc) is 3.49. The van der Waals surface area contributed by atoms with Gasteiger partial charge in [-0.1, -0.05) is 29.3 Å². The van der Waals surface area contributed by atoms with E-state index in [-0.39, 0.29) is 0 Å². The molecule has 10 heteroatoms. The fourth-order valence-electron chi connectivity index (χ4n) is 4.00. The number of halogens is 2. The summed E-state index contributed by atoms with van der Waals surface area (Å²) in [5, 5.41) is 16.3. The monoisotopic (exact) mass is 462 g/mol. The van der Waals surface area contributed by atoms with Crippen LogP contribution in [0.3, 0.4) is 0 Å². The molecule has 1 aliphatic heterocycles. The van der Waals surface area contributed by atoms with E-state index in [1.54, 1.807) is 35.2 Å². The van der Waals surface area contributed by atoms with E-state index in [0.29, 0.717) is 38.5 Å². The van der Waals surface area contributed by atoms with Crippen LogP contribution in [0.25, 0.3) is 34.1 Å². The predicted octanol–water partition coefficient (Wildman–Crippen LogP) is 4.72. The topological polar surface area (TPSA) is 76.2 Å². The summed E-state index contributed by atoms with van der Waals surface area (Å²) in [4.78, 5) is 4.80. The molecule has 3 aromatic heterocycles. The number of hydrogen-bond donors (Lipinski definition) is 1. The smallest absolute Gasteiger partial charge is 0.189 e. The Morgan fingerprint density at radius 3 is 2.88 bits per heavy atom. The predicted molar refractivity (Wildman–Crippen MR) is 124 cm³/mol. The molecule has 0 atom stereocenters. The van der Waals surface area contributed by atoms with Crippen molar-refractivity contribution < 1.29 is 0 Å². The molecule has 0 unspecified atom stereocenters. The molecule has 8 nitrogen and oxygen atoms in total. The van der Waals surface area contributed by atoms with Crippen LogP contribution in [0, 0.1) is 0 Å². The highest BCUT2D eigenvalue weighted by atomic mass is 35.5. The summed E-state index contributed by atoms with van der Waals surface area (Å²) in [7, 11) is 2.01. The Morgan fingerprint density at radius 2 is 1.97 bits per heavy atom. The summed E-state index contributed by atoms with van der Waals surface area (Å²) in [6, 6.07) is 15.3. The second kappa shape index (κ2) is 7.30. The number of rotatable bonds is 3. The molecule has 0 fully saturated rings. The summed E-state index contributed by atoms with van der Waals surface area (Å²) >= 11 is 12.8. The molecule has 4 heterocycles. The van der Waals surface area contributed by atoms with Crippen molar-refractivity contribution in [1.82, 2.24) is 34.4 Å². The van der Waals surface area contributed by atoms with E-state index in [1.807, 2.05) is 28.8 Å². The zero-order valence-electron chi connectivity index (χ0n) is 16.9. The number of fused-ring (bicyclic) bond motifs is 2. The van der Waals surface area contributed by atoms with Crippen LogP contribution in [0.15, 0.2) is 61.1 Å². The minimum atomic E-state index is 0.537. The van der Waals surface area contributed by atoms with Crippen molar-refractivity contribution in [1.29, 1.82) is 0 Å². The summed E-state index contributed by atoms with van der Waals surface area (Å²) in [6.45, 7) is 0.846. The van der Waals surface area contributed by atoms with E-state index in [4.69, 9.17) is 28.2 Å². The Kier molecular flexibility index (Phi) is 4.39. The SMILES string of the molecule is CN1Cc2ccc(-n3cnnc3-c3c(-c4cc(Cl)ccc4Cl)nc4cccnn34)cc2N1. The Bertz CT molecular complexity index is 1490. The molecule has 5 aromatic rings. The zero-order valence-corrected chi connectivity index (χ0v) is 18.4. The molecule has 1 aliphatic rings. The lowest BCUT2D eigenvalue weighted by Crippen LogP contribution is -2.16. The maximum Gasteiger partial charge on any atom is 0.189 e. The number of imidazole rings is 1. The Morgan fingerprint density at radius 1 is 1.06 bits per heavy atom. The largest absolute Gasteiger partial charge is 0.318 e. The normalized spacial score (nSPS) is 13.5. The van der Waals surface area contributed by atoms with Crippen LogP contribution in [-0.2, 0) is 6.54 Å². The molecule has 0 amide bonds. The van der Waals surface area contributed by atoms with Gasteiger partial charge in [0.25, 0.3) is 0 Å². The lowest BCUT2D eigenvalue weighted by atomic mass is 10.1. The fraction of sp³-hybridized carbons (Fsp3) is 0.0909. The molecule has 0 radical (unpaired) electrons. The number of hydrazine groups is 1. The van der Waals surface area contributed by atoms with Crippen LogP contribution in [0.2, 0.25) is 10.0 Å². The van der Waals surface area contributed by atoms with Crippen LogP contribution < -0.4 is 5.43 Å². The first kappa shape index (κ1) is 19.2. The second-order valence-corrected chi connectivity index (χ2v) is 8.40. The van der Waals surface area contributed by atoms with E-state index in [0.717, 1.165) is 17.9 Å². The molecule has 0 spiro atoms. The minimum absolute atomic E-state index is 0.537. The number of aromatic nitrogens is 6. The van der Waals surface area contributed by atoms with Gasteiger partial charge in [-0.05, 0) is 48.0 Å². The van der Waals surface area contributed by atoms with E-state index in [1.165, 1.54) is 5.56 Å². The summed E-state index contributed by atoms with van der Waals surface area (Å²) in [5.41, 5.74) is 9.22. The van der Waals surface area contributed by atoms with Crippen molar-refractivity contribution in [2.75, 3.05) is 12.5 Å². The highest BCUT2D eigenvalue weighted by molar-refractivity contribution is 6.35. The van der Waals surface area contributed by atoms with Gasteiger partial charge in [0, 0.05) is 30.4 Å². The minimum Gasteiger partial charge on any atom is -0.318 e. The van der Waals surface area contributed by atoms with Gasteiger partial charge < -0.3 is 5.43 Å². The molecular weight excluding hydrogens is 447 g/mol. The molecule has 0 saturated carbocycles. The molecule has 6 rings (SSSR count). The van der Waals surface area contributed by atoms with Gasteiger partial charge in [0.2, 0.25) is 0 Å². The summed E-state index contributed by atoms with van der Waals surface area (Å²) < 4.78 is 3.66. The van der Waals surface area contributed by atoms with Gasteiger partial charge in [0.05, 0.1) is 16.4 Å². The fourth-order valence-corrected chi connectivity index (χ4v) is 4.38. The van der Waals surface area contributed by atoms with Crippen LogP contribution in [-0.4, -0.2) is 41.4 Å². The van der Waals surface area contributed by atoms with E-state index in [9.17, 15) is 0 Å². The van der Waals surface area contributed by atoms with Gasteiger partial charge in [-0.15, -0.1) is 10.2 Å². The first-order valence-electron chi connectivity index (χ1n) is 9.89. The Balaban J connectivity index is 1.59. The first-order chi connectivity index (χ1) is 15.6. The molecule has 32 heavy (non-hydrogen) atoms. The molecule has 158 valence electrons. The molecule has 1 N–H and O–H groups in total. The maximum absolute atomic E-state index is 6.54. The van der Waals surface area contributed by atoms with Crippen LogP contribution in [0.1, 0.15) is 5.56 Å². The van der Waals surface area contributed by atoms with Gasteiger partial charge in [0.1, 0.15) is 17.7 Å². The summed E-state index contributed by atoms with van der Waals surface area (Å²) in [6.07, 6.45) is 3.39. The van der Waals surface area contributed by atoms with Crippen molar-refractivity contribution in [3.8, 4) is 28.5 Å². The first-order valence-corrected chi connectivity index (χ1v) is 10.6. The third-order valence-corrected chi connectivity index (χ3v) is 5.99. The zero-order chi connectivity index (χ0) is 21.8. The molecule has 2 aromatic carbocycles. The van der Waals surface area contributed by atoms with Crippen molar-refractivity contribution in [2.45, 2.75) is 6.54 Å². The molecule has 0 saturated heterocycles. The van der Waals surface area contributed by atoms with Gasteiger partial charge >= 0.3 is 0 Å². The number of nitrogens with one attached hydrogen (secondary N) is 1. The van der Waals surface area contributed by atoms with Crippen LogP contribution in [0.4, 0.5) is 5.69 Å².